The molecule has 2 aliphatic rings. The lowest BCUT2D eigenvalue weighted by atomic mass is 9.96. The smallest absolute Gasteiger partial charge is 0.315 e. The molecule has 2 bridgehead atoms. The standard InChI is InChI=1S/C12H22N2O2S/c1-8(7-17-2)6-13-12(15)14-10-5-9-3-4-11(10)16-9/h8-11H,3-7H2,1-2H3,(H2,13,14,15)/t8-,9+,10-,11+/m0/s1. The molecule has 98 valence electrons. The first-order valence-electron chi connectivity index (χ1n) is 6.37. The van der Waals surface area contributed by atoms with Gasteiger partial charge < -0.3 is 15.4 Å². The molecule has 2 saturated heterocycles. The van der Waals surface area contributed by atoms with Crippen molar-refractivity contribution in [3.63, 3.8) is 0 Å². The second-order valence-corrected chi connectivity index (χ2v) is 6.04. The average molecular weight is 258 g/mol. The predicted molar refractivity (Wildman–Crippen MR) is 70.4 cm³/mol. The highest BCUT2D eigenvalue weighted by atomic mass is 32.2. The molecule has 0 saturated carbocycles. The minimum atomic E-state index is -0.0425. The van der Waals surface area contributed by atoms with Gasteiger partial charge in [-0.3, -0.25) is 0 Å². The Hall–Kier alpha value is -0.420. The molecule has 0 aromatic carbocycles. The van der Waals surface area contributed by atoms with E-state index in [-0.39, 0.29) is 18.2 Å². The number of urea groups is 1. The minimum absolute atomic E-state index is 0.0425. The Bertz CT molecular complexity index is 275. The fourth-order valence-electron chi connectivity index (χ4n) is 2.62. The summed E-state index contributed by atoms with van der Waals surface area (Å²) >= 11 is 1.81. The Labute approximate surface area is 107 Å². The fourth-order valence-corrected chi connectivity index (χ4v) is 3.31. The van der Waals surface area contributed by atoms with Crippen LogP contribution in [0.4, 0.5) is 4.79 Å². The average Bonchev–Trinajstić information content (AvgIpc) is 2.88. The van der Waals surface area contributed by atoms with Crippen molar-refractivity contribution in [1.29, 1.82) is 0 Å². The molecule has 0 unspecified atom stereocenters. The summed E-state index contributed by atoms with van der Waals surface area (Å²) in [4.78, 5) is 11.7. The molecule has 2 amide bonds. The van der Waals surface area contributed by atoms with Crippen LogP contribution in [0.1, 0.15) is 26.2 Å². The lowest BCUT2D eigenvalue weighted by Gasteiger charge is -2.21. The highest BCUT2D eigenvalue weighted by Gasteiger charge is 2.41. The van der Waals surface area contributed by atoms with Gasteiger partial charge in [0.2, 0.25) is 0 Å². The molecule has 0 spiro atoms. The molecule has 0 aromatic heterocycles. The molecule has 0 aliphatic carbocycles. The topological polar surface area (TPSA) is 50.4 Å². The third-order valence-corrected chi connectivity index (χ3v) is 4.39. The van der Waals surface area contributed by atoms with Crippen LogP contribution in [0.5, 0.6) is 0 Å². The molecular weight excluding hydrogens is 236 g/mol. The van der Waals surface area contributed by atoms with Crippen molar-refractivity contribution in [3.05, 3.63) is 0 Å². The predicted octanol–water partition coefficient (Wildman–Crippen LogP) is 1.60. The summed E-state index contributed by atoms with van der Waals surface area (Å²) in [6.45, 7) is 2.89. The highest BCUT2D eigenvalue weighted by Crippen LogP contribution is 2.34. The van der Waals surface area contributed by atoms with Gasteiger partial charge in [-0.05, 0) is 37.2 Å². The van der Waals surface area contributed by atoms with E-state index in [1.165, 1.54) is 0 Å². The van der Waals surface area contributed by atoms with E-state index in [1.54, 1.807) is 0 Å². The van der Waals surface area contributed by atoms with Gasteiger partial charge in [0, 0.05) is 6.54 Å². The third-order valence-electron chi connectivity index (χ3n) is 3.48. The van der Waals surface area contributed by atoms with Crippen molar-refractivity contribution in [2.75, 3.05) is 18.6 Å². The van der Waals surface area contributed by atoms with E-state index in [2.05, 4.69) is 23.8 Å². The maximum Gasteiger partial charge on any atom is 0.315 e. The van der Waals surface area contributed by atoms with Gasteiger partial charge in [-0.2, -0.15) is 11.8 Å². The summed E-state index contributed by atoms with van der Waals surface area (Å²) in [5.41, 5.74) is 0. The maximum absolute atomic E-state index is 11.7. The molecular formula is C12H22N2O2S. The van der Waals surface area contributed by atoms with E-state index >= 15 is 0 Å². The molecule has 4 atom stereocenters. The van der Waals surface area contributed by atoms with Gasteiger partial charge in [0.15, 0.2) is 0 Å². The highest BCUT2D eigenvalue weighted by molar-refractivity contribution is 7.98. The zero-order valence-corrected chi connectivity index (χ0v) is 11.4. The molecule has 2 fully saturated rings. The Balaban J connectivity index is 1.64. The SMILES string of the molecule is CSC[C@@H](C)CNC(=O)N[C@H]1C[C@H]2CC[C@H]1O2. The Morgan fingerprint density at radius 3 is 2.94 bits per heavy atom. The first-order valence-corrected chi connectivity index (χ1v) is 7.77. The van der Waals surface area contributed by atoms with Crippen molar-refractivity contribution < 1.29 is 9.53 Å². The second-order valence-electron chi connectivity index (χ2n) is 5.13. The number of rotatable bonds is 5. The van der Waals surface area contributed by atoms with Crippen molar-refractivity contribution in [2.24, 2.45) is 5.92 Å². The molecule has 2 heterocycles. The Morgan fingerprint density at radius 2 is 2.35 bits per heavy atom. The van der Waals surface area contributed by atoms with Gasteiger partial charge in [-0.1, -0.05) is 6.92 Å². The van der Waals surface area contributed by atoms with E-state index in [1.807, 2.05) is 11.8 Å². The zero-order chi connectivity index (χ0) is 12.3. The van der Waals surface area contributed by atoms with E-state index < -0.39 is 0 Å². The van der Waals surface area contributed by atoms with E-state index in [0.717, 1.165) is 31.6 Å². The van der Waals surface area contributed by atoms with E-state index in [4.69, 9.17) is 4.74 Å². The van der Waals surface area contributed by atoms with Crippen LogP contribution in [0.25, 0.3) is 0 Å². The van der Waals surface area contributed by atoms with Gasteiger partial charge in [0.05, 0.1) is 18.2 Å². The van der Waals surface area contributed by atoms with E-state index in [0.29, 0.717) is 12.0 Å². The molecule has 0 radical (unpaired) electrons. The Kier molecular flexibility index (Phi) is 4.56. The van der Waals surface area contributed by atoms with Crippen molar-refractivity contribution in [3.8, 4) is 0 Å². The molecule has 4 nitrogen and oxygen atoms in total. The monoisotopic (exact) mass is 258 g/mol. The maximum atomic E-state index is 11.7. The lowest BCUT2D eigenvalue weighted by Crippen LogP contribution is -2.47. The van der Waals surface area contributed by atoms with Crippen LogP contribution in [-0.2, 0) is 4.74 Å². The number of thioether (sulfide) groups is 1. The number of hydrogen-bond acceptors (Lipinski definition) is 3. The van der Waals surface area contributed by atoms with Crippen LogP contribution in [0.2, 0.25) is 0 Å². The van der Waals surface area contributed by atoms with Crippen LogP contribution in [-0.4, -0.2) is 42.8 Å². The zero-order valence-electron chi connectivity index (χ0n) is 10.6. The summed E-state index contributed by atoms with van der Waals surface area (Å²) in [5, 5.41) is 5.96. The molecule has 17 heavy (non-hydrogen) atoms. The van der Waals surface area contributed by atoms with Gasteiger partial charge >= 0.3 is 6.03 Å². The number of ether oxygens (including phenoxy) is 1. The largest absolute Gasteiger partial charge is 0.373 e. The van der Waals surface area contributed by atoms with Gasteiger partial charge in [0.25, 0.3) is 0 Å². The molecule has 5 heteroatoms. The van der Waals surface area contributed by atoms with Crippen molar-refractivity contribution in [1.82, 2.24) is 10.6 Å². The lowest BCUT2D eigenvalue weighted by molar-refractivity contribution is 0.0981. The number of amides is 2. The van der Waals surface area contributed by atoms with Crippen molar-refractivity contribution >= 4 is 17.8 Å². The van der Waals surface area contributed by atoms with Gasteiger partial charge in [0.1, 0.15) is 0 Å². The van der Waals surface area contributed by atoms with Crippen LogP contribution < -0.4 is 10.6 Å². The summed E-state index contributed by atoms with van der Waals surface area (Å²) < 4.78 is 5.70. The number of nitrogens with one attached hydrogen (secondary N) is 2. The summed E-state index contributed by atoms with van der Waals surface area (Å²) in [6.07, 6.45) is 5.98. The Morgan fingerprint density at radius 1 is 1.53 bits per heavy atom. The molecule has 0 aromatic rings. The number of hydrogen-bond donors (Lipinski definition) is 2. The second kappa shape index (κ2) is 5.96. The number of carbonyl (C=O) groups is 1. The molecule has 2 rings (SSSR count). The quantitative estimate of drug-likeness (QED) is 0.787. The number of fused-ring (bicyclic) bond motifs is 2. The normalized spacial score (nSPS) is 32.5. The van der Waals surface area contributed by atoms with Gasteiger partial charge in [-0.15, -0.1) is 0 Å². The minimum Gasteiger partial charge on any atom is -0.373 e. The number of carbonyl (C=O) groups excluding carboxylic acids is 1. The third kappa shape index (κ3) is 3.52. The summed E-state index contributed by atoms with van der Waals surface area (Å²) in [6, 6.07) is 0.184. The van der Waals surface area contributed by atoms with Crippen LogP contribution >= 0.6 is 11.8 Å². The van der Waals surface area contributed by atoms with Gasteiger partial charge in [-0.25, -0.2) is 4.79 Å². The molecule has 2 aliphatic heterocycles. The van der Waals surface area contributed by atoms with Crippen LogP contribution in [0.3, 0.4) is 0 Å². The fraction of sp³-hybridized carbons (Fsp3) is 0.917. The van der Waals surface area contributed by atoms with Crippen LogP contribution in [0, 0.1) is 5.92 Å². The van der Waals surface area contributed by atoms with E-state index in [9.17, 15) is 4.79 Å². The first kappa shape index (κ1) is 13.0. The van der Waals surface area contributed by atoms with Crippen LogP contribution in [0.15, 0.2) is 0 Å². The summed E-state index contributed by atoms with van der Waals surface area (Å²) in [5.74, 6) is 1.60. The van der Waals surface area contributed by atoms with Crippen molar-refractivity contribution in [2.45, 2.75) is 44.4 Å². The molecule has 2 N–H and O–H groups in total. The summed E-state index contributed by atoms with van der Waals surface area (Å²) in [7, 11) is 0. The first-order chi connectivity index (χ1) is 8.19.